The summed E-state index contributed by atoms with van der Waals surface area (Å²) < 4.78 is 0. The molecule has 1 aliphatic heterocycles. The summed E-state index contributed by atoms with van der Waals surface area (Å²) in [4.78, 5) is 18.8. The van der Waals surface area contributed by atoms with Crippen molar-refractivity contribution in [1.29, 1.82) is 0 Å². The summed E-state index contributed by atoms with van der Waals surface area (Å²) in [6, 6.07) is 16.4. The number of anilines is 2. The van der Waals surface area contributed by atoms with E-state index in [1.807, 2.05) is 24.3 Å². The Bertz CT molecular complexity index is 1210. The maximum Gasteiger partial charge on any atom is 0.172 e. The molecule has 29 heavy (non-hydrogen) atoms. The fourth-order valence-corrected chi connectivity index (χ4v) is 4.28. The van der Waals surface area contributed by atoms with Crippen LogP contribution in [-0.2, 0) is 0 Å². The molecule has 0 bridgehead atoms. The van der Waals surface area contributed by atoms with Crippen molar-refractivity contribution in [3.63, 3.8) is 0 Å². The first kappa shape index (κ1) is 18.1. The Morgan fingerprint density at radius 1 is 0.759 bits per heavy atom. The van der Waals surface area contributed by atoms with E-state index in [0.717, 1.165) is 54.4 Å². The molecule has 1 aliphatic rings. The summed E-state index contributed by atoms with van der Waals surface area (Å²) in [5, 5.41) is 1.69. The number of piperazine rings is 1. The van der Waals surface area contributed by atoms with Gasteiger partial charge in [0.1, 0.15) is 5.82 Å². The second kappa shape index (κ2) is 7.16. The van der Waals surface area contributed by atoms with Crippen molar-refractivity contribution < 1.29 is 0 Å². The van der Waals surface area contributed by atoms with Gasteiger partial charge in [-0.15, -0.1) is 0 Å². The Morgan fingerprint density at radius 3 is 2.21 bits per heavy atom. The van der Waals surface area contributed by atoms with Crippen LogP contribution in [0.4, 0.5) is 11.6 Å². The predicted octanol–water partition coefficient (Wildman–Crippen LogP) is 4.77. The molecule has 0 atom stereocenters. The number of benzene rings is 2. The van der Waals surface area contributed by atoms with Crippen LogP contribution in [0.25, 0.3) is 21.9 Å². The van der Waals surface area contributed by atoms with Gasteiger partial charge in [-0.2, -0.15) is 0 Å². The number of fused-ring (bicyclic) bond motifs is 2. The lowest BCUT2D eigenvalue weighted by atomic mass is 10.1. The van der Waals surface area contributed by atoms with E-state index in [1.165, 1.54) is 16.5 Å². The van der Waals surface area contributed by atoms with E-state index in [4.69, 9.17) is 21.6 Å². The number of pyridine rings is 1. The van der Waals surface area contributed by atoms with Gasteiger partial charge in [-0.25, -0.2) is 15.0 Å². The fraction of sp³-hybridized carbons (Fsp3) is 0.261. The molecule has 146 valence electrons. The molecule has 2 aromatic carbocycles. The standard InChI is InChI=1S/C23H22ClN5/c1-15-6-5-7-17-16(2)14-20(27-21(15)17)28-10-12-29(13-11-28)23-22(24)25-18-8-3-4-9-19(18)26-23/h3-9,14H,10-13H2,1-2H3. The second-order valence-corrected chi connectivity index (χ2v) is 7.93. The molecular weight excluding hydrogens is 382 g/mol. The molecule has 0 saturated carbocycles. The lowest BCUT2D eigenvalue weighted by Gasteiger charge is -2.36. The molecule has 0 aliphatic carbocycles. The summed E-state index contributed by atoms with van der Waals surface area (Å²) in [5.74, 6) is 1.81. The molecule has 3 heterocycles. The number of aryl methyl sites for hydroxylation is 2. The van der Waals surface area contributed by atoms with Crippen molar-refractivity contribution in [3.8, 4) is 0 Å². The largest absolute Gasteiger partial charge is 0.353 e. The van der Waals surface area contributed by atoms with Crippen LogP contribution in [0.15, 0.2) is 48.5 Å². The van der Waals surface area contributed by atoms with E-state index in [2.05, 4.69) is 52.9 Å². The van der Waals surface area contributed by atoms with Crippen molar-refractivity contribution >= 4 is 45.2 Å². The van der Waals surface area contributed by atoms with Crippen LogP contribution >= 0.6 is 11.6 Å². The number of hydrogen-bond donors (Lipinski definition) is 0. The lowest BCUT2D eigenvalue weighted by molar-refractivity contribution is 0.642. The maximum absolute atomic E-state index is 6.45. The van der Waals surface area contributed by atoms with Crippen LogP contribution in [0.5, 0.6) is 0 Å². The third-order valence-corrected chi connectivity index (χ3v) is 5.90. The summed E-state index contributed by atoms with van der Waals surface area (Å²) in [5.41, 5.74) is 5.26. The van der Waals surface area contributed by atoms with Crippen LogP contribution in [-0.4, -0.2) is 41.1 Å². The van der Waals surface area contributed by atoms with E-state index >= 15 is 0 Å². The monoisotopic (exact) mass is 403 g/mol. The zero-order valence-corrected chi connectivity index (χ0v) is 17.3. The van der Waals surface area contributed by atoms with Crippen molar-refractivity contribution in [1.82, 2.24) is 15.0 Å². The topological polar surface area (TPSA) is 45.2 Å². The molecule has 0 spiro atoms. The van der Waals surface area contributed by atoms with Crippen molar-refractivity contribution in [2.45, 2.75) is 13.8 Å². The third-order valence-electron chi connectivity index (χ3n) is 5.65. The highest BCUT2D eigenvalue weighted by atomic mass is 35.5. The van der Waals surface area contributed by atoms with Gasteiger partial charge in [0.2, 0.25) is 0 Å². The zero-order valence-electron chi connectivity index (χ0n) is 16.6. The molecule has 0 N–H and O–H groups in total. The third kappa shape index (κ3) is 3.25. The number of halogens is 1. The molecule has 2 aromatic heterocycles. The highest BCUT2D eigenvalue weighted by molar-refractivity contribution is 6.32. The minimum absolute atomic E-state index is 0.465. The Balaban J connectivity index is 1.40. The highest BCUT2D eigenvalue weighted by Crippen LogP contribution is 2.28. The average Bonchev–Trinajstić information content (AvgIpc) is 2.74. The Hall–Kier alpha value is -2.92. The minimum Gasteiger partial charge on any atom is -0.353 e. The molecule has 1 saturated heterocycles. The molecule has 1 fully saturated rings. The second-order valence-electron chi connectivity index (χ2n) is 7.57. The summed E-state index contributed by atoms with van der Waals surface area (Å²) >= 11 is 6.45. The molecule has 5 rings (SSSR count). The molecule has 5 nitrogen and oxygen atoms in total. The molecule has 0 amide bonds. The van der Waals surface area contributed by atoms with Gasteiger partial charge in [-0.05, 0) is 43.2 Å². The van der Waals surface area contributed by atoms with Gasteiger partial charge in [0.15, 0.2) is 11.0 Å². The van der Waals surface area contributed by atoms with Crippen molar-refractivity contribution in [2.75, 3.05) is 36.0 Å². The van der Waals surface area contributed by atoms with E-state index in [0.29, 0.717) is 5.15 Å². The molecule has 0 unspecified atom stereocenters. The first-order chi connectivity index (χ1) is 14.1. The highest BCUT2D eigenvalue weighted by Gasteiger charge is 2.22. The van der Waals surface area contributed by atoms with E-state index < -0.39 is 0 Å². The summed E-state index contributed by atoms with van der Waals surface area (Å²) in [7, 11) is 0. The van der Waals surface area contributed by atoms with Crippen molar-refractivity contribution in [3.05, 3.63) is 64.8 Å². The first-order valence-corrected chi connectivity index (χ1v) is 10.3. The number of rotatable bonds is 2. The van der Waals surface area contributed by atoms with Crippen LogP contribution in [0, 0.1) is 13.8 Å². The van der Waals surface area contributed by atoms with Gasteiger partial charge in [-0.3, -0.25) is 0 Å². The number of para-hydroxylation sites is 3. The van der Waals surface area contributed by atoms with E-state index in [9.17, 15) is 0 Å². The number of hydrogen-bond acceptors (Lipinski definition) is 5. The lowest BCUT2D eigenvalue weighted by Crippen LogP contribution is -2.47. The maximum atomic E-state index is 6.45. The minimum atomic E-state index is 0.465. The number of nitrogens with zero attached hydrogens (tertiary/aromatic N) is 5. The van der Waals surface area contributed by atoms with Gasteiger partial charge in [0, 0.05) is 31.6 Å². The Morgan fingerprint density at radius 2 is 1.45 bits per heavy atom. The number of aromatic nitrogens is 3. The Labute approximate surface area is 175 Å². The molecule has 6 heteroatoms. The van der Waals surface area contributed by atoms with Gasteiger partial charge < -0.3 is 9.80 Å². The van der Waals surface area contributed by atoms with Gasteiger partial charge in [0.05, 0.1) is 16.6 Å². The van der Waals surface area contributed by atoms with Crippen LogP contribution in [0.3, 0.4) is 0 Å². The van der Waals surface area contributed by atoms with Crippen molar-refractivity contribution in [2.24, 2.45) is 0 Å². The summed E-state index contributed by atoms with van der Waals surface area (Å²) in [6.07, 6.45) is 0. The van der Waals surface area contributed by atoms with Gasteiger partial charge in [-0.1, -0.05) is 41.9 Å². The van der Waals surface area contributed by atoms with Crippen LogP contribution in [0.1, 0.15) is 11.1 Å². The van der Waals surface area contributed by atoms with Crippen LogP contribution in [0.2, 0.25) is 5.15 Å². The first-order valence-electron chi connectivity index (χ1n) is 9.89. The molecular formula is C23H22ClN5. The van der Waals surface area contributed by atoms with E-state index in [1.54, 1.807) is 0 Å². The normalized spacial score (nSPS) is 14.7. The molecule has 4 aromatic rings. The average molecular weight is 404 g/mol. The van der Waals surface area contributed by atoms with Crippen LogP contribution < -0.4 is 9.80 Å². The molecule has 0 radical (unpaired) electrons. The zero-order chi connectivity index (χ0) is 20.0. The SMILES string of the molecule is Cc1cc(N2CCN(c3nc4ccccc4nc3Cl)CC2)nc2c(C)cccc12. The predicted molar refractivity (Wildman–Crippen MR) is 120 cm³/mol. The van der Waals surface area contributed by atoms with E-state index in [-0.39, 0.29) is 0 Å². The fourth-order valence-electron chi connectivity index (χ4n) is 4.02. The van der Waals surface area contributed by atoms with Gasteiger partial charge in [0.25, 0.3) is 0 Å². The smallest absolute Gasteiger partial charge is 0.172 e. The summed E-state index contributed by atoms with van der Waals surface area (Å²) in [6.45, 7) is 7.69. The Kier molecular flexibility index (Phi) is 4.47. The quantitative estimate of drug-likeness (QED) is 0.482. The van der Waals surface area contributed by atoms with Gasteiger partial charge >= 0.3 is 0 Å².